The number of aromatic carboxylic acids is 1. The van der Waals surface area contributed by atoms with Crippen molar-refractivity contribution in [3.63, 3.8) is 0 Å². The summed E-state index contributed by atoms with van der Waals surface area (Å²) in [4.78, 5) is 24.7. The van der Waals surface area contributed by atoms with Crippen LogP contribution in [0.25, 0.3) is 0 Å². The molecule has 2 aromatic rings. The number of ether oxygens (including phenoxy) is 1. The van der Waals surface area contributed by atoms with E-state index in [4.69, 9.17) is 33.0 Å². The van der Waals surface area contributed by atoms with E-state index in [0.717, 1.165) is 12.1 Å². The zero-order chi connectivity index (χ0) is 15.6. The van der Waals surface area contributed by atoms with Crippen molar-refractivity contribution >= 4 is 34.9 Å². The van der Waals surface area contributed by atoms with Gasteiger partial charge in [0.2, 0.25) is 5.88 Å². The monoisotopic (exact) mass is 328 g/mol. The molecule has 0 aliphatic heterocycles. The lowest BCUT2D eigenvalue weighted by Gasteiger charge is -2.08. The Morgan fingerprint density at radius 1 is 1.29 bits per heavy atom. The molecule has 0 amide bonds. The van der Waals surface area contributed by atoms with Crippen molar-refractivity contribution in [2.24, 2.45) is 0 Å². The Morgan fingerprint density at radius 3 is 2.43 bits per heavy atom. The van der Waals surface area contributed by atoms with Crippen LogP contribution in [0.15, 0.2) is 30.5 Å². The molecule has 1 heterocycles. The van der Waals surface area contributed by atoms with Crippen LogP contribution in [0.1, 0.15) is 10.4 Å². The zero-order valence-corrected chi connectivity index (χ0v) is 11.6. The molecule has 1 aromatic carbocycles. The van der Waals surface area contributed by atoms with E-state index in [0.29, 0.717) is 0 Å². The number of pyridine rings is 1. The van der Waals surface area contributed by atoms with E-state index in [1.807, 2.05) is 0 Å². The molecule has 0 atom stereocenters. The van der Waals surface area contributed by atoms with Crippen LogP contribution in [0.4, 0.5) is 5.69 Å². The SMILES string of the molecule is O=C(O)c1ccnc(Oc2c(Cl)cc([N+](=O)[O-])cc2Cl)c1. The van der Waals surface area contributed by atoms with Gasteiger partial charge in [0.15, 0.2) is 5.75 Å². The molecule has 21 heavy (non-hydrogen) atoms. The lowest BCUT2D eigenvalue weighted by Crippen LogP contribution is -1.98. The number of carboxylic acids is 1. The predicted molar refractivity (Wildman–Crippen MR) is 74.4 cm³/mol. The van der Waals surface area contributed by atoms with Gasteiger partial charge >= 0.3 is 5.97 Å². The number of hydrogen-bond acceptors (Lipinski definition) is 5. The van der Waals surface area contributed by atoms with Crippen LogP contribution in [0.2, 0.25) is 10.0 Å². The van der Waals surface area contributed by atoms with Crippen LogP contribution in [0.3, 0.4) is 0 Å². The number of nitrogens with zero attached hydrogens (tertiary/aromatic N) is 2. The number of aromatic nitrogens is 1. The van der Waals surface area contributed by atoms with Crippen molar-refractivity contribution in [1.82, 2.24) is 4.98 Å². The lowest BCUT2D eigenvalue weighted by atomic mass is 10.2. The Hall–Kier alpha value is -2.38. The van der Waals surface area contributed by atoms with Crippen LogP contribution in [-0.2, 0) is 0 Å². The van der Waals surface area contributed by atoms with E-state index in [9.17, 15) is 14.9 Å². The first-order valence-electron chi connectivity index (χ1n) is 5.39. The van der Waals surface area contributed by atoms with Crippen LogP contribution < -0.4 is 4.74 Å². The van der Waals surface area contributed by atoms with Crippen molar-refractivity contribution in [3.8, 4) is 11.6 Å². The summed E-state index contributed by atoms with van der Waals surface area (Å²) in [6, 6.07) is 4.61. The highest BCUT2D eigenvalue weighted by atomic mass is 35.5. The summed E-state index contributed by atoms with van der Waals surface area (Å²) in [6.07, 6.45) is 1.24. The largest absolute Gasteiger partial charge is 0.478 e. The van der Waals surface area contributed by atoms with E-state index in [1.54, 1.807) is 0 Å². The molecule has 1 aromatic heterocycles. The zero-order valence-electron chi connectivity index (χ0n) is 10.1. The molecule has 0 bridgehead atoms. The molecule has 2 rings (SSSR count). The summed E-state index contributed by atoms with van der Waals surface area (Å²) in [5, 5.41) is 19.4. The van der Waals surface area contributed by atoms with Crippen molar-refractivity contribution in [2.45, 2.75) is 0 Å². The fourth-order valence-corrected chi connectivity index (χ4v) is 2.00. The molecule has 9 heteroatoms. The Balaban J connectivity index is 2.38. The van der Waals surface area contributed by atoms with Crippen molar-refractivity contribution in [2.75, 3.05) is 0 Å². The summed E-state index contributed by atoms with van der Waals surface area (Å²) in [6.45, 7) is 0. The van der Waals surface area contributed by atoms with Gasteiger partial charge in [0, 0.05) is 24.4 Å². The van der Waals surface area contributed by atoms with Crippen LogP contribution in [-0.4, -0.2) is 21.0 Å². The minimum absolute atomic E-state index is 0.0332. The first kappa shape index (κ1) is 15.0. The number of benzene rings is 1. The van der Waals surface area contributed by atoms with E-state index >= 15 is 0 Å². The molecular weight excluding hydrogens is 323 g/mol. The third kappa shape index (κ3) is 3.39. The van der Waals surface area contributed by atoms with Gasteiger partial charge in [-0.3, -0.25) is 10.1 Å². The third-order valence-electron chi connectivity index (χ3n) is 2.38. The van der Waals surface area contributed by atoms with Gasteiger partial charge in [-0.1, -0.05) is 23.2 Å². The second kappa shape index (κ2) is 5.94. The quantitative estimate of drug-likeness (QED) is 0.676. The number of hydrogen-bond donors (Lipinski definition) is 1. The minimum Gasteiger partial charge on any atom is -0.478 e. The normalized spacial score (nSPS) is 10.2. The molecule has 0 unspecified atom stereocenters. The van der Waals surface area contributed by atoms with Crippen LogP contribution in [0, 0.1) is 10.1 Å². The molecule has 0 aliphatic rings. The standard InChI is InChI=1S/C12H6Cl2N2O5/c13-8-4-7(16(19)20)5-9(14)11(8)21-10-3-6(12(17)18)1-2-15-10/h1-5H,(H,17,18). The average Bonchev–Trinajstić information content (AvgIpc) is 2.42. The van der Waals surface area contributed by atoms with Crippen molar-refractivity contribution < 1.29 is 19.6 Å². The van der Waals surface area contributed by atoms with Crippen LogP contribution >= 0.6 is 23.2 Å². The summed E-state index contributed by atoms with van der Waals surface area (Å²) < 4.78 is 5.30. The van der Waals surface area contributed by atoms with Gasteiger partial charge in [0.25, 0.3) is 5.69 Å². The van der Waals surface area contributed by atoms with Gasteiger partial charge in [-0.05, 0) is 6.07 Å². The smallest absolute Gasteiger partial charge is 0.335 e. The molecule has 0 fully saturated rings. The number of rotatable bonds is 4. The number of non-ortho nitro benzene ring substituents is 1. The lowest BCUT2D eigenvalue weighted by molar-refractivity contribution is -0.384. The highest BCUT2D eigenvalue weighted by Gasteiger charge is 2.17. The number of carboxylic acid groups (broad SMARTS) is 1. The number of carbonyl (C=O) groups is 1. The fraction of sp³-hybridized carbons (Fsp3) is 0. The number of halogens is 2. The molecule has 0 saturated heterocycles. The highest BCUT2D eigenvalue weighted by molar-refractivity contribution is 6.37. The molecule has 0 spiro atoms. The Labute approximate surface area is 127 Å². The summed E-state index contributed by atoms with van der Waals surface area (Å²) in [5.41, 5.74) is -0.321. The maximum Gasteiger partial charge on any atom is 0.335 e. The molecular formula is C12H6Cl2N2O5. The van der Waals surface area contributed by atoms with Gasteiger partial charge in [0.05, 0.1) is 20.5 Å². The molecule has 0 saturated carbocycles. The van der Waals surface area contributed by atoms with Gasteiger partial charge < -0.3 is 9.84 Å². The van der Waals surface area contributed by atoms with Gasteiger partial charge in [-0.2, -0.15) is 0 Å². The Bertz CT molecular complexity index is 712. The van der Waals surface area contributed by atoms with E-state index in [2.05, 4.69) is 4.98 Å². The van der Waals surface area contributed by atoms with Gasteiger partial charge in [0.1, 0.15) is 0 Å². The maximum atomic E-state index is 10.8. The highest BCUT2D eigenvalue weighted by Crippen LogP contribution is 2.38. The molecule has 0 aliphatic carbocycles. The predicted octanol–water partition coefficient (Wildman–Crippen LogP) is 3.79. The number of nitro benzene ring substituents is 1. The van der Waals surface area contributed by atoms with Gasteiger partial charge in [-0.15, -0.1) is 0 Å². The molecule has 0 radical (unpaired) electrons. The Kier molecular flexibility index (Phi) is 4.25. The number of nitro groups is 1. The Morgan fingerprint density at radius 2 is 1.90 bits per heavy atom. The van der Waals surface area contributed by atoms with Crippen LogP contribution in [0.5, 0.6) is 11.6 Å². The summed E-state index contributed by atoms with van der Waals surface area (Å²) >= 11 is 11.7. The third-order valence-corrected chi connectivity index (χ3v) is 2.94. The average molecular weight is 329 g/mol. The van der Waals surface area contributed by atoms with E-state index < -0.39 is 10.9 Å². The van der Waals surface area contributed by atoms with E-state index in [-0.39, 0.29) is 32.9 Å². The van der Waals surface area contributed by atoms with Crippen molar-refractivity contribution in [1.29, 1.82) is 0 Å². The molecule has 108 valence electrons. The van der Waals surface area contributed by atoms with Gasteiger partial charge in [-0.25, -0.2) is 9.78 Å². The molecule has 7 nitrogen and oxygen atoms in total. The molecule has 1 N–H and O–H groups in total. The first-order chi connectivity index (χ1) is 9.88. The summed E-state index contributed by atoms with van der Waals surface area (Å²) in [7, 11) is 0. The second-order valence-corrected chi connectivity index (χ2v) is 4.60. The van der Waals surface area contributed by atoms with E-state index in [1.165, 1.54) is 18.3 Å². The fourth-order valence-electron chi connectivity index (χ4n) is 1.45. The summed E-state index contributed by atoms with van der Waals surface area (Å²) in [5.74, 6) is -1.24. The second-order valence-electron chi connectivity index (χ2n) is 3.79. The minimum atomic E-state index is -1.15. The topological polar surface area (TPSA) is 103 Å². The first-order valence-corrected chi connectivity index (χ1v) is 6.14. The van der Waals surface area contributed by atoms with Crippen molar-refractivity contribution in [3.05, 3.63) is 56.2 Å². The maximum absolute atomic E-state index is 10.8.